The molecule has 0 saturated carbocycles. The molecule has 1 aliphatic rings. The average molecular weight is 171 g/mol. The van der Waals surface area contributed by atoms with Gasteiger partial charge in [0.15, 0.2) is 0 Å². The van der Waals surface area contributed by atoms with E-state index in [1.54, 1.807) is 18.9 Å². The SMILES string of the molecule is CO[C@@H]1C[C@H](C)CCN1C(C)=O. The van der Waals surface area contributed by atoms with Crippen molar-refractivity contribution in [2.45, 2.75) is 32.9 Å². The summed E-state index contributed by atoms with van der Waals surface area (Å²) in [5.74, 6) is 0.791. The van der Waals surface area contributed by atoms with Crippen molar-refractivity contribution in [2.24, 2.45) is 5.92 Å². The van der Waals surface area contributed by atoms with E-state index in [0.717, 1.165) is 19.4 Å². The topological polar surface area (TPSA) is 29.5 Å². The number of carbonyl (C=O) groups excluding carboxylic acids is 1. The lowest BCUT2D eigenvalue weighted by Gasteiger charge is -2.36. The fourth-order valence-electron chi connectivity index (χ4n) is 1.68. The van der Waals surface area contributed by atoms with E-state index in [-0.39, 0.29) is 12.1 Å². The number of ether oxygens (including phenoxy) is 1. The van der Waals surface area contributed by atoms with Crippen LogP contribution >= 0.6 is 0 Å². The smallest absolute Gasteiger partial charge is 0.221 e. The van der Waals surface area contributed by atoms with Crippen LogP contribution in [-0.2, 0) is 9.53 Å². The first kappa shape index (κ1) is 9.52. The molecular formula is C9H17NO2. The zero-order chi connectivity index (χ0) is 9.14. The third kappa shape index (κ3) is 1.97. The van der Waals surface area contributed by atoms with Crippen LogP contribution in [0.4, 0.5) is 0 Å². The normalized spacial score (nSPS) is 30.4. The van der Waals surface area contributed by atoms with Crippen LogP contribution < -0.4 is 0 Å². The third-order valence-electron chi connectivity index (χ3n) is 2.49. The third-order valence-corrected chi connectivity index (χ3v) is 2.49. The molecule has 2 atom stereocenters. The number of amides is 1. The highest BCUT2D eigenvalue weighted by Crippen LogP contribution is 2.22. The Kier molecular flexibility index (Phi) is 3.09. The molecule has 12 heavy (non-hydrogen) atoms. The maximum atomic E-state index is 11.1. The van der Waals surface area contributed by atoms with Gasteiger partial charge in [-0.3, -0.25) is 4.79 Å². The molecule has 70 valence electrons. The fourth-order valence-corrected chi connectivity index (χ4v) is 1.68. The highest BCUT2D eigenvalue weighted by atomic mass is 16.5. The number of carbonyl (C=O) groups is 1. The molecule has 1 saturated heterocycles. The lowest BCUT2D eigenvalue weighted by Crippen LogP contribution is -2.45. The first-order valence-electron chi connectivity index (χ1n) is 4.45. The number of hydrogen-bond donors (Lipinski definition) is 0. The lowest BCUT2D eigenvalue weighted by atomic mass is 9.97. The van der Waals surface area contributed by atoms with Gasteiger partial charge in [-0.25, -0.2) is 0 Å². The van der Waals surface area contributed by atoms with Crippen molar-refractivity contribution in [1.82, 2.24) is 4.90 Å². The second kappa shape index (κ2) is 3.90. The fraction of sp³-hybridized carbons (Fsp3) is 0.889. The standard InChI is InChI=1S/C9H17NO2/c1-7-4-5-10(8(2)11)9(6-7)12-3/h7,9H,4-6H2,1-3H3/t7-,9-/m1/s1. The van der Waals surface area contributed by atoms with Crippen LogP contribution in [0.2, 0.25) is 0 Å². The predicted octanol–water partition coefficient (Wildman–Crippen LogP) is 1.24. The van der Waals surface area contributed by atoms with E-state index < -0.39 is 0 Å². The summed E-state index contributed by atoms with van der Waals surface area (Å²) in [4.78, 5) is 12.9. The molecule has 0 aromatic heterocycles. The molecule has 3 heteroatoms. The maximum absolute atomic E-state index is 11.1. The van der Waals surface area contributed by atoms with Crippen molar-refractivity contribution < 1.29 is 9.53 Å². The van der Waals surface area contributed by atoms with Crippen LogP contribution in [0.1, 0.15) is 26.7 Å². The molecule has 1 aliphatic heterocycles. The van der Waals surface area contributed by atoms with Crippen molar-refractivity contribution in [3.8, 4) is 0 Å². The Balaban J connectivity index is 2.56. The zero-order valence-electron chi connectivity index (χ0n) is 8.04. The molecule has 0 spiro atoms. The molecule has 1 amide bonds. The summed E-state index contributed by atoms with van der Waals surface area (Å²) < 4.78 is 5.24. The summed E-state index contributed by atoms with van der Waals surface area (Å²) in [6.45, 7) is 4.64. The first-order chi connectivity index (χ1) is 5.65. The molecular weight excluding hydrogens is 154 g/mol. The molecule has 0 radical (unpaired) electrons. The van der Waals surface area contributed by atoms with Crippen LogP contribution in [0.25, 0.3) is 0 Å². The van der Waals surface area contributed by atoms with E-state index in [2.05, 4.69) is 6.92 Å². The van der Waals surface area contributed by atoms with Gasteiger partial charge in [-0.1, -0.05) is 6.92 Å². The van der Waals surface area contributed by atoms with E-state index in [9.17, 15) is 4.79 Å². The van der Waals surface area contributed by atoms with Gasteiger partial charge in [0.2, 0.25) is 5.91 Å². The van der Waals surface area contributed by atoms with Crippen LogP contribution in [0.15, 0.2) is 0 Å². The molecule has 1 fully saturated rings. The van der Waals surface area contributed by atoms with Gasteiger partial charge in [-0.2, -0.15) is 0 Å². The van der Waals surface area contributed by atoms with E-state index in [1.165, 1.54) is 0 Å². The van der Waals surface area contributed by atoms with Gasteiger partial charge in [0, 0.05) is 20.6 Å². The minimum absolute atomic E-state index is 0.00579. The highest BCUT2D eigenvalue weighted by Gasteiger charge is 2.27. The van der Waals surface area contributed by atoms with Gasteiger partial charge in [-0.05, 0) is 18.8 Å². The molecule has 1 rings (SSSR count). The van der Waals surface area contributed by atoms with E-state index in [4.69, 9.17) is 4.74 Å². The van der Waals surface area contributed by atoms with Gasteiger partial charge < -0.3 is 9.64 Å². The summed E-state index contributed by atoms with van der Waals surface area (Å²) in [6.07, 6.45) is 2.07. The lowest BCUT2D eigenvalue weighted by molar-refractivity contribution is -0.147. The second-order valence-corrected chi connectivity index (χ2v) is 3.53. The molecule has 3 nitrogen and oxygen atoms in total. The van der Waals surface area contributed by atoms with E-state index >= 15 is 0 Å². The number of piperidine rings is 1. The van der Waals surface area contributed by atoms with Crippen molar-refractivity contribution in [1.29, 1.82) is 0 Å². The van der Waals surface area contributed by atoms with Gasteiger partial charge in [-0.15, -0.1) is 0 Å². The van der Waals surface area contributed by atoms with Crippen LogP contribution in [0.3, 0.4) is 0 Å². The number of methoxy groups -OCH3 is 1. The predicted molar refractivity (Wildman–Crippen MR) is 46.6 cm³/mol. The van der Waals surface area contributed by atoms with Crippen molar-refractivity contribution in [3.05, 3.63) is 0 Å². The Bertz CT molecular complexity index is 170. The van der Waals surface area contributed by atoms with Crippen molar-refractivity contribution in [2.75, 3.05) is 13.7 Å². The number of hydrogen-bond acceptors (Lipinski definition) is 2. The Hall–Kier alpha value is -0.570. The highest BCUT2D eigenvalue weighted by molar-refractivity contribution is 5.73. The number of nitrogens with zero attached hydrogens (tertiary/aromatic N) is 1. The minimum Gasteiger partial charge on any atom is -0.362 e. The Morgan fingerprint density at radius 1 is 1.58 bits per heavy atom. The van der Waals surface area contributed by atoms with Crippen molar-refractivity contribution in [3.63, 3.8) is 0 Å². The average Bonchev–Trinajstić information content (AvgIpc) is 2.03. The van der Waals surface area contributed by atoms with Gasteiger partial charge in [0.1, 0.15) is 6.23 Å². The van der Waals surface area contributed by atoms with Crippen LogP contribution in [-0.4, -0.2) is 30.7 Å². The van der Waals surface area contributed by atoms with Crippen LogP contribution in [0.5, 0.6) is 0 Å². The van der Waals surface area contributed by atoms with Gasteiger partial charge >= 0.3 is 0 Å². The molecule has 0 aliphatic carbocycles. The summed E-state index contributed by atoms with van der Waals surface area (Å²) in [5, 5.41) is 0. The van der Waals surface area contributed by atoms with E-state index in [1.807, 2.05) is 0 Å². The van der Waals surface area contributed by atoms with E-state index in [0.29, 0.717) is 5.92 Å². The Morgan fingerprint density at radius 2 is 2.25 bits per heavy atom. The summed E-state index contributed by atoms with van der Waals surface area (Å²) >= 11 is 0. The summed E-state index contributed by atoms with van der Waals surface area (Å²) in [5.41, 5.74) is 0. The first-order valence-corrected chi connectivity index (χ1v) is 4.45. The molecule has 0 N–H and O–H groups in total. The molecule has 0 bridgehead atoms. The molecule has 0 aromatic rings. The maximum Gasteiger partial charge on any atom is 0.221 e. The van der Waals surface area contributed by atoms with Crippen molar-refractivity contribution >= 4 is 5.91 Å². The minimum atomic E-state index is 0.00579. The quantitative estimate of drug-likeness (QED) is 0.594. The molecule has 0 unspecified atom stereocenters. The second-order valence-electron chi connectivity index (χ2n) is 3.53. The zero-order valence-corrected chi connectivity index (χ0v) is 8.04. The Labute approximate surface area is 73.7 Å². The van der Waals surface area contributed by atoms with Gasteiger partial charge in [0.05, 0.1) is 0 Å². The molecule has 1 heterocycles. The van der Waals surface area contributed by atoms with Crippen LogP contribution in [0, 0.1) is 5.92 Å². The summed E-state index contributed by atoms with van der Waals surface area (Å²) in [6, 6.07) is 0. The summed E-state index contributed by atoms with van der Waals surface area (Å²) in [7, 11) is 1.67. The Morgan fingerprint density at radius 3 is 2.75 bits per heavy atom. The molecule has 0 aromatic carbocycles. The monoisotopic (exact) mass is 171 g/mol. The number of rotatable bonds is 1. The largest absolute Gasteiger partial charge is 0.362 e. The number of likely N-dealkylation sites (tertiary alicyclic amines) is 1. The van der Waals surface area contributed by atoms with Gasteiger partial charge in [0.25, 0.3) is 0 Å².